The fraction of sp³-hybridized carbons (Fsp3) is 0.881. The van der Waals surface area contributed by atoms with E-state index in [4.69, 9.17) is 4.74 Å². The minimum absolute atomic E-state index is 0.0680. The number of alkyl carbamates (subject to hydrolysis) is 1. The standard InChI is InChI=1S/C59H112N6O9/c1-34(2)28-40(61-48(68)56(20,21)42(30-36(5)6)63-50(70)58(24,25)44(32-38(9)10)65-52(73)74-53(13,14)15)54(16,17)46(66)60-41(29-35(3)4)55(18,19)47(67)62-43(31-37(7)8)57(22,23)49(69)64-45(33-39(11)12)59(26,27)51(71)72/h34-45H,28-33H2,1-27H3,(H,60,66)(H,61,68)(H,62,67)(H,63,70)(H,64,69)(H,65,73)(H,71,72)/t40-,41-,42-,43-,44-,45-/m0/s1. The molecular formula is C59H112N6O9. The van der Waals surface area contributed by atoms with Crippen molar-refractivity contribution in [2.75, 3.05) is 0 Å². The Balaban J connectivity index is 7.06. The molecule has 0 aromatic carbocycles. The molecule has 0 saturated carbocycles. The van der Waals surface area contributed by atoms with Crippen LogP contribution in [0.15, 0.2) is 0 Å². The summed E-state index contributed by atoms with van der Waals surface area (Å²) in [6.07, 6.45) is 2.20. The molecule has 6 atom stereocenters. The summed E-state index contributed by atoms with van der Waals surface area (Å²) in [7, 11) is 0. The minimum Gasteiger partial charge on any atom is -0.481 e. The monoisotopic (exact) mass is 1050 g/mol. The number of rotatable bonds is 30. The highest BCUT2D eigenvalue weighted by atomic mass is 16.6. The minimum atomic E-state index is -1.24. The van der Waals surface area contributed by atoms with E-state index in [2.05, 4.69) is 31.9 Å². The summed E-state index contributed by atoms with van der Waals surface area (Å²) in [6.45, 7) is 50.8. The van der Waals surface area contributed by atoms with E-state index in [9.17, 15) is 38.7 Å². The van der Waals surface area contributed by atoms with Gasteiger partial charge in [0.15, 0.2) is 0 Å². The molecule has 0 radical (unpaired) electrons. The van der Waals surface area contributed by atoms with Crippen molar-refractivity contribution >= 4 is 41.6 Å². The van der Waals surface area contributed by atoms with Crippen LogP contribution in [0.3, 0.4) is 0 Å². The first kappa shape index (κ1) is 70.1. The maximum atomic E-state index is 14.9. The largest absolute Gasteiger partial charge is 0.481 e. The van der Waals surface area contributed by atoms with Gasteiger partial charge in [-0.2, -0.15) is 0 Å². The van der Waals surface area contributed by atoms with Gasteiger partial charge in [0.05, 0.1) is 32.5 Å². The van der Waals surface area contributed by atoms with Crippen molar-refractivity contribution in [2.45, 2.75) is 267 Å². The van der Waals surface area contributed by atoms with E-state index >= 15 is 0 Å². The van der Waals surface area contributed by atoms with Crippen LogP contribution in [0.25, 0.3) is 0 Å². The number of hydrogen-bond donors (Lipinski definition) is 7. The van der Waals surface area contributed by atoms with Crippen LogP contribution < -0.4 is 31.9 Å². The third-order valence-corrected chi connectivity index (χ3v) is 15.2. The molecule has 0 fully saturated rings. The molecule has 0 aliphatic rings. The second-order valence-corrected chi connectivity index (χ2v) is 28.7. The number of carboxylic acids is 1. The first-order valence-corrected chi connectivity index (χ1v) is 27.9. The Morgan fingerprint density at radius 2 is 0.473 bits per heavy atom. The van der Waals surface area contributed by atoms with Crippen LogP contribution in [0.2, 0.25) is 0 Å². The van der Waals surface area contributed by atoms with E-state index in [1.54, 1.807) is 76.2 Å². The number of ether oxygens (including phenoxy) is 1. The van der Waals surface area contributed by atoms with Crippen LogP contribution in [0.5, 0.6) is 0 Å². The summed E-state index contributed by atoms with van der Waals surface area (Å²) in [5.41, 5.74) is -7.77. The maximum Gasteiger partial charge on any atom is 0.407 e. The van der Waals surface area contributed by atoms with Gasteiger partial charge in [0.2, 0.25) is 29.5 Å². The second kappa shape index (κ2) is 27.4. The Labute approximate surface area is 450 Å². The summed E-state index contributed by atoms with van der Waals surface area (Å²) in [6, 6.07) is -3.84. The van der Waals surface area contributed by atoms with Gasteiger partial charge >= 0.3 is 12.1 Å². The first-order chi connectivity index (χ1) is 33.1. The number of amides is 6. The van der Waals surface area contributed by atoms with Crippen LogP contribution >= 0.6 is 0 Å². The van der Waals surface area contributed by atoms with Crippen molar-refractivity contribution in [1.29, 1.82) is 0 Å². The van der Waals surface area contributed by atoms with E-state index < -0.39 is 86.4 Å². The summed E-state index contributed by atoms with van der Waals surface area (Å²) < 4.78 is 5.59. The Hall–Kier alpha value is -3.91. The fourth-order valence-electron chi connectivity index (χ4n) is 9.14. The van der Waals surface area contributed by atoms with Gasteiger partial charge in [0.25, 0.3) is 0 Å². The second-order valence-electron chi connectivity index (χ2n) is 28.7. The topological polar surface area (TPSA) is 221 Å². The molecule has 0 aromatic rings. The molecule has 0 spiro atoms. The van der Waals surface area contributed by atoms with Crippen molar-refractivity contribution in [3.63, 3.8) is 0 Å². The van der Waals surface area contributed by atoms with Gasteiger partial charge in [-0.1, -0.05) is 83.1 Å². The smallest absolute Gasteiger partial charge is 0.407 e. The van der Waals surface area contributed by atoms with Gasteiger partial charge in [-0.05, 0) is 178 Å². The molecule has 0 aromatic heterocycles. The predicted octanol–water partition coefficient (Wildman–Crippen LogP) is 10.8. The number of hydrogen-bond acceptors (Lipinski definition) is 8. The number of carbonyl (C=O) groups is 7. The van der Waals surface area contributed by atoms with Gasteiger partial charge in [-0.15, -0.1) is 0 Å². The maximum absolute atomic E-state index is 14.9. The Kier molecular flexibility index (Phi) is 26.0. The van der Waals surface area contributed by atoms with Crippen molar-refractivity contribution in [1.82, 2.24) is 31.9 Å². The molecule has 15 heteroatoms. The fourth-order valence-corrected chi connectivity index (χ4v) is 9.14. The lowest BCUT2D eigenvalue weighted by Gasteiger charge is -2.43. The van der Waals surface area contributed by atoms with Crippen LogP contribution in [-0.2, 0) is 33.5 Å². The van der Waals surface area contributed by atoms with Crippen LogP contribution in [-0.4, -0.2) is 88.6 Å². The lowest BCUT2D eigenvalue weighted by atomic mass is 9.73. The van der Waals surface area contributed by atoms with Gasteiger partial charge in [-0.25, -0.2) is 4.79 Å². The van der Waals surface area contributed by atoms with Gasteiger partial charge < -0.3 is 41.7 Å². The zero-order valence-corrected chi connectivity index (χ0v) is 51.9. The van der Waals surface area contributed by atoms with Crippen molar-refractivity contribution in [3.05, 3.63) is 0 Å². The van der Waals surface area contributed by atoms with Gasteiger partial charge in [0.1, 0.15) is 5.60 Å². The highest BCUT2D eigenvalue weighted by molar-refractivity contribution is 5.90. The SMILES string of the molecule is CC(C)C[C@H](NC(=O)C(C)(C)[C@H](CC(C)C)NC(=O)C(C)(C)[C@H](CC(C)C)NC(=O)C(C)(C)[C@H](CC(C)C)NC(=O)C(C)(C)[C@H](CC(C)C)NC(=O)C(C)(C)[C@H](CC(C)C)NC(=O)OC(C)(C)C)C(C)(C)C(=O)O. The van der Waals surface area contributed by atoms with Gasteiger partial charge in [0, 0.05) is 36.3 Å². The van der Waals surface area contributed by atoms with E-state index in [0.717, 1.165) is 0 Å². The number of aliphatic carboxylic acids is 1. The molecule has 0 rings (SSSR count). The first-order valence-electron chi connectivity index (χ1n) is 27.9. The molecule has 0 unspecified atom stereocenters. The lowest BCUT2D eigenvalue weighted by molar-refractivity contribution is -0.150. The lowest BCUT2D eigenvalue weighted by Crippen LogP contribution is -2.63. The quantitative estimate of drug-likeness (QED) is 0.0363. The zero-order valence-electron chi connectivity index (χ0n) is 51.9. The number of nitrogens with one attached hydrogen (secondary N) is 6. The Morgan fingerprint density at radius 1 is 0.311 bits per heavy atom. The third-order valence-electron chi connectivity index (χ3n) is 15.2. The average molecular weight is 1050 g/mol. The summed E-state index contributed by atoms with van der Waals surface area (Å²) in [4.78, 5) is 98.9. The molecule has 74 heavy (non-hydrogen) atoms. The molecule has 7 N–H and O–H groups in total. The van der Waals surface area contributed by atoms with E-state index in [1.165, 1.54) is 0 Å². The molecule has 0 saturated heterocycles. The summed E-state index contributed by atoms with van der Waals surface area (Å²) in [5.74, 6) is -2.13. The normalized spacial score (nSPS) is 15.9. The van der Waals surface area contributed by atoms with E-state index in [-0.39, 0.29) is 65.0 Å². The van der Waals surface area contributed by atoms with Crippen molar-refractivity contribution in [2.24, 2.45) is 68.0 Å². The highest BCUT2D eigenvalue weighted by Gasteiger charge is 2.49. The number of carbonyl (C=O) groups excluding carboxylic acids is 6. The zero-order chi connectivity index (χ0) is 58.7. The van der Waals surface area contributed by atoms with Gasteiger partial charge in [-0.3, -0.25) is 28.8 Å². The molecule has 15 nitrogen and oxygen atoms in total. The van der Waals surface area contributed by atoms with Crippen LogP contribution in [0, 0.1) is 68.0 Å². The van der Waals surface area contributed by atoms with Crippen molar-refractivity contribution < 1.29 is 43.4 Å². The number of carboxylic acid groups (broad SMARTS) is 1. The third kappa shape index (κ3) is 20.9. The summed E-state index contributed by atoms with van der Waals surface area (Å²) in [5, 5.41) is 29.2. The molecular weight excluding hydrogens is 937 g/mol. The van der Waals surface area contributed by atoms with E-state index in [1.807, 2.05) is 111 Å². The van der Waals surface area contributed by atoms with Crippen LogP contribution in [0.1, 0.15) is 225 Å². The molecule has 0 heterocycles. The Morgan fingerprint density at radius 3 is 0.622 bits per heavy atom. The summed E-state index contributed by atoms with van der Waals surface area (Å²) >= 11 is 0. The van der Waals surface area contributed by atoms with Crippen LogP contribution in [0.4, 0.5) is 4.79 Å². The predicted molar refractivity (Wildman–Crippen MR) is 300 cm³/mol. The molecule has 0 bridgehead atoms. The molecule has 6 amide bonds. The molecule has 0 aliphatic carbocycles. The average Bonchev–Trinajstić information content (AvgIpc) is 3.19. The van der Waals surface area contributed by atoms with E-state index in [0.29, 0.717) is 38.5 Å². The molecule has 432 valence electrons. The Bertz CT molecular complexity index is 1870. The molecule has 0 aliphatic heterocycles. The highest BCUT2D eigenvalue weighted by Crippen LogP contribution is 2.36. The van der Waals surface area contributed by atoms with Crippen molar-refractivity contribution in [3.8, 4) is 0 Å².